The fraction of sp³-hybridized carbons (Fsp3) is 0.375. The molecule has 0 bridgehead atoms. The molecule has 0 unspecified atom stereocenters. The number of hydrogen-bond donors (Lipinski definition) is 1. The maximum absolute atomic E-state index is 5.62. The molecule has 8 heteroatoms. The van der Waals surface area contributed by atoms with Crippen LogP contribution in [-0.2, 0) is 6.42 Å². The second-order valence-corrected chi connectivity index (χ2v) is 8.13. The number of ether oxygens (including phenoxy) is 1. The lowest BCUT2D eigenvalue weighted by Gasteiger charge is -2.23. The van der Waals surface area contributed by atoms with Crippen LogP contribution in [0.25, 0.3) is 22.5 Å². The Morgan fingerprint density at radius 1 is 1.00 bits per heavy atom. The van der Waals surface area contributed by atoms with E-state index in [4.69, 9.17) is 9.72 Å². The monoisotopic (exact) mass is 429 g/mol. The van der Waals surface area contributed by atoms with Gasteiger partial charge in [0.05, 0.1) is 12.6 Å². The lowest BCUT2D eigenvalue weighted by molar-refractivity contribution is 0.291. The minimum atomic E-state index is 0.418. The van der Waals surface area contributed by atoms with Crippen LogP contribution in [-0.4, -0.2) is 42.0 Å². The summed E-state index contributed by atoms with van der Waals surface area (Å²) >= 11 is 0. The maximum Gasteiger partial charge on any atom is 0.335 e. The van der Waals surface area contributed by atoms with Gasteiger partial charge in [0.1, 0.15) is 5.82 Å². The van der Waals surface area contributed by atoms with E-state index in [0.717, 1.165) is 41.8 Å². The number of rotatable bonds is 7. The standard InChI is InChI=1S/C24H27N7O/c1-2-32-24-25-22(31(28-24)19-8-4-3-5-9-19)16-17-12-14-18(15-13-17)20-10-6-7-11-21(20)23-26-29-30-27-23/h6-7,10-15,19H,2-5,8-9,16H2,1H3,(H,26,27,29,30). The Balaban J connectivity index is 1.40. The summed E-state index contributed by atoms with van der Waals surface area (Å²) in [5.74, 6) is 1.56. The SMILES string of the molecule is CCOc1nc(Cc2ccc(-c3ccccc3-c3nn[nH]n3)cc2)n(C2CCCCC2)n1. The van der Waals surface area contributed by atoms with Crippen molar-refractivity contribution in [1.29, 1.82) is 0 Å². The van der Waals surface area contributed by atoms with Crippen molar-refractivity contribution in [2.75, 3.05) is 6.61 Å². The highest BCUT2D eigenvalue weighted by molar-refractivity contribution is 5.80. The molecule has 1 saturated carbocycles. The first-order valence-corrected chi connectivity index (χ1v) is 11.3. The molecule has 2 aromatic heterocycles. The average molecular weight is 430 g/mol. The van der Waals surface area contributed by atoms with Crippen LogP contribution in [0.4, 0.5) is 0 Å². The fourth-order valence-corrected chi connectivity index (χ4v) is 4.45. The van der Waals surface area contributed by atoms with Crippen molar-refractivity contribution in [3.63, 3.8) is 0 Å². The summed E-state index contributed by atoms with van der Waals surface area (Å²) in [6.45, 7) is 2.54. The minimum absolute atomic E-state index is 0.418. The molecule has 5 rings (SSSR count). The molecule has 2 heterocycles. The highest BCUT2D eigenvalue weighted by Gasteiger charge is 2.22. The van der Waals surface area contributed by atoms with E-state index in [0.29, 0.717) is 24.5 Å². The van der Waals surface area contributed by atoms with Gasteiger partial charge in [-0.25, -0.2) is 4.68 Å². The van der Waals surface area contributed by atoms with Gasteiger partial charge in [-0.2, -0.15) is 10.2 Å². The van der Waals surface area contributed by atoms with Gasteiger partial charge in [0.2, 0.25) is 5.82 Å². The van der Waals surface area contributed by atoms with E-state index < -0.39 is 0 Å². The van der Waals surface area contributed by atoms with E-state index in [1.54, 1.807) is 0 Å². The average Bonchev–Trinajstić information content (AvgIpc) is 3.51. The lowest BCUT2D eigenvalue weighted by atomic mass is 9.95. The Morgan fingerprint density at radius 2 is 1.78 bits per heavy atom. The topological polar surface area (TPSA) is 94.4 Å². The summed E-state index contributed by atoms with van der Waals surface area (Å²) in [7, 11) is 0. The first kappa shape index (κ1) is 20.4. The third-order valence-corrected chi connectivity index (χ3v) is 6.02. The fourth-order valence-electron chi connectivity index (χ4n) is 4.45. The molecular formula is C24H27N7O. The summed E-state index contributed by atoms with van der Waals surface area (Å²) in [4.78, 5) is 4.70. The third kappa shape index (κ3) is 4.26. The number of tetrazole rings is 1. The highest BCUT2D eigenvalue weighted by atomic mass is 16.5. The van der Waals surface area contributed by atoms with Crippen molar-refractivity contribution in [1.82, 2.24) is 35.4 Å². The Bertz CT molecular complexity index is 1150. The number of H-pyrrole nitrogens is 1. The maximum atomic E-state index is 5.62. The van der Waals surface area contributed by atoms with Crippen LogP contribution in [0.3, 0.4) is 0 Å². The molecule has 0 aliphatic heterocycles. The van der Waals surface area contributed by atoms with Crippen molar-refractivity contribution in [2.45, 2.75) is 51.5 Å². The predicted octanol–water partition coefficient (Wildman–Crippen LogP) is 4.62. The zero-order valence-corrected chi connectivity index (χ0v) is 18.2. The summed E-state index contributed by atoms with van der Waals surface area (Å²) in [5.41, 5.74) is 4.33. The van der Waals surface area contributed by atoms with Gasteiger partial charge in [-0.15, -0.1) is 15.3 Å². The molecule has 2 aromatic carbocycles. The second kappa shape index (κ2) is 9.30. The predicted molar refractivity (Wildman–Crippen MR) is 121 cm³/mol. The Labute approximate surface area is 187 Å². The lowest BCUT2D eigenvalue weighted by Crippen LogP contribution is -2.17. The smallest absolute Gasteiger partial charge is 0.335 e. The minimum Gasteiger partial charge on any atom is -0.463 e. The van der Waals surface area contributed by atoms with Crippen molar-refractivity contribution in [3.05, 3.63) is 59.9 Å². The third-order valence-electron chi connectivity index (χ3n) is 6.02. The summed E-state index contributed by atoms with van der Waals surface area (Å²) in [5, 5.41) is 19.2. The summed E-state index contributed by atoms with van der Waals surface area (Å²) in [6.07, 6.45) is 6.86. The molecule has 1 aliphatic carbocycles. The van der Waals surface area contributed by atoms with Gasteiger partial charge in [-0.05, 0) is 41.7 Å². The van der Waals surface area contributed by atoms with E-state index in [1.807, 2.05) is 25.1 Å². The molecule has 1 N–H and O–H groups in total. The number of aromatic nitrogens is 7. The van der Waals surface area contributed by atoms with E-state index in [2.05, 4.69) is 60.7 Å². The molecule has 32 heavy (non-hydrogen) atoms. The molecule has 0 amide bonds. The zero-order valence-electron chi connectivity index (χ0n) is 18.2. The van der Waals surface area contributed by atoms with Crippen LogP contribution in [0.15, 0.2) is 48.5 Å². The number of nitrogens with zero attached hydrogens (tertiary/aromatic N) is 6. The van der Waals surface area contributed by atoms with Crippen molar-refractivity contribution < 1.29 is 4.74 Å². The summed E-state index contributed by atoms with van der Waals surface area (Å²) in [6, 6.07) is 17.6. The Kier molecular flexibility index (Phi) is 5.91. The van der Waals surface area contributed by atoms with Crippen molar-refractivity contribution in [3.8, 4) is 28.5 Å². The van der Waals surface area contributed by atoms with Gasteiger partial charge >= 0.3 is 6.01 Å². The first-order chi connectivity index (χ1) is 15.8. The largest absolute Gasteiger partial charge is 0.463 e. The van der Waals surface area contributed by atoms with Crippen LogP contribution in [0.1, 0.15) is 56.5 Å². The number of benzene rings is 2. The van der Waals surface area contributed by atoms with E-state index in [-0.39, 0.29) is 0 Å². The number of aromatic amines is 1. The molecule has 164 valence electrons. The van der Waals surface area contributed by atoms with Gasteiger partial charge in [0.25, 0.3) is 0 Å². The van der Waals surface area contributed by atoms with Crippen LogP contribution in [0, 0.1) is 0 Å². The van der Waals surface area contributed by atoms with Gasteiger partial charge < -0.3 is 4.74 Å². The Morgan fingerprint density at radius 3 is 2.50 bits per heavy atom. The molecule has 0 saturated heterocycles. The summed E-state index contributed by atoms with van der Waals surface area (Å²) < 4.78 is 7.73. The number of hydrogen-bond acceptors (Lipinski definition) is 6. The molecule has 0 atom stereocenters. The quantitative estimate of drug-likeness (QED) is 0.461. The van der Waals surface area contributed by atoms with E-state index >= 15 is 0 Å². The van der Waals surface area contributed by atoms with Gasteiger partial charge in [-0.3, -0.25) is 0 Å². The van der Waals surface area contributed by atoms with Gasteiger partial charge in [0, 0.05) is 12.0 Å². The van der Waals surface area contributed by atoms with Crippen LogP contribution < -0.4 is 4.74 Å². The normalized spacial score (nSPS) is 14.5. The molecule has 8 nitrogen and oxygen atoms in total. The van der Waals surface area contributed by atoms with Crippen LogP contribution >= 0.6 is 0 Å². The van der Waals surface area contributed by atoms with Gasteiger partial charge in [-0.1, -0.05) is 67.8 Å². The molecule has 0 radical (unpaired) electrons. The van der Waals surface area contributed by atoms with Crippen LogP contribution in [0.2, 0.25) is 0 Å². The van der Waals surface area contributed by atoms with Crippen LogP contribution in [0.5, 0.6) is 6.01 Å². The molecule has 1 fully saturated rings. The van der Waals surface area contributed by atoms with Gasteiger partial charge in [0.15, 0.2) is 0 Å². The van der Waals surface area contributed by atoms with Crippen molar-refractivity contribution in [2.24, 2.45) is 0 Å². The van der Waals surface area contributed by atoms with Crippen molar-refractivity contribution >= 4 is 0 Å². The number of nitrogens with one attached hydrogen (secondary N) is 1. The molecule has 1 aliphatic rings. The molecule has 4 aromatic rings. The second-order valence-electron chi connectivity index (χ2n) is 8.13. The molecular weight excluding hydrogens is 402 g/mol. The Hall–Kier alpha value is -3.55. The first-order valence-electron chi connectivity index (χ1n) is 11.3. The molecule has 0 spiro atoms. The highest BCUT2D eigenvalue weighted by Crippen LogP contribution is 2.31. The van der Waals surface area contributed by atoms with E-state index in [1.165, 1.54) is 24.8 Å². The zero-order chi connectivity index (χ0) is 21.8. The van der Waals surface area contributed by atoms with E-state index in [9.17, 15) is 0 Å².